The van der Waals surface area contributed by atoms with Gasteiger partial charge in [0.05, 0.1) is 6.61 Å². The summed E-state index contributed by atoms with van der Waals surface area (Å²) in [5.41, 5.74) is 0.210. The van der Waals surface area contributed by atoms with Crippen LogP contribution < -0.4 is 4.74 Å². The molecule has 1 heterocycles. The Morgan fingerprint density at radius 2 is 2.05 bits per heavy atom. The normalized spacial score (nSPS) is 11.8. The highest BCUT2D eigenvalue weighted by atomic mass is 16.5. The van der Waals surface area contributed by atoms with E-state index in [4.69, 9.17) is 9.15 Å². The van der Waals surface area contributed by atoms with E-state index in [-0.39, 0.29) is 5.78 Å². The average molecular weight is 260 g/mol. The predicted molar refractivity (Wildman–Crippen MR) is 75.8 cm³/mol. The van der Waals surface area contributed by atoms with Crippen LogP contribution in [0.5, 0.6) is 5.75 Å². The molecule has 3 heteroatoms. The lowest BCUT2D eigenvalue weighted by Gasteiger charge is -2.13. The van der Waals surface area contributed by atoms with Crippen LogP contribution in [-0.4, -0.2) is 12.4 Å². The second kappa shape index (κ2) is 5.08. The highest BCUT2D eigenvalue weighted by Gasteiger charge is 2.26. The third kappa shape index (κ3) is 2.80. The molecule has 102 valence electrons. The smallest absolute Gasteiger partial charge is 0.203 e. The maximum Gasteiger partial charge on any atom is 0.203 e. The van der Waals surface area contributed by atoms with Crippen molar-refractivity contribution >= 4 is 16.8 Å². The van der Waals surface area contributed by atoms with Crippen LogP contribution in [0.1, 0.15) is 44.7 Å². The summed E-state index contributed by atoms with van der Waals surface area (Å²) in [7, 11) is 0. The monoisotopic (exact) mass is 260 g/mol. The van der Waals surface area contributed by atoms with Crippen molar-refractivity contribution in [2.75, 3.05) is 6.61 Å². The van der Waals surface area contributed by atoms with E-state index in [1.807, 2.05) is 39.0 Å². The predicted octanol–water partition coefficient (Wildman–Crippen LogP) is 4.45. The van der Waals surface area contributed by atoms with Gasteiger partial charge in [0.2, 0.25) is 5.78 Å². The van der Waals surface area contributed by atoms with Gasteiger partial charge in [-0.1, -0.05) is 39.8 Å². The minimum absolute atomic E-state index is 0.00476. The van der Waals surface area contributed by atoms with Crippen molar-refractivity contribution in [2.24, 2.45) is 5.41 Å². The maximum atomic E-state index is 12.2. The van der Waals surface area contributed by atoms with E-state index in [0.29, 0.717) is 23.7 Å². The number of fused-ring (bicyclic) bond motifs is 1. The Labute approximate surface area is 113 Å². The average Bonchev–Trinajstić information content (AvgIpc) is 2.78. The lowest BCUT2D eigenvalue weighted by Crippen LogP contribution is -2.19. The topological polar surface area (TPSA) is 39.4 Å². The molecule has 0 bridgehead atoms. The molecular weight excluding hydrogens is 240 g/mol. The molecule has 0 saturated heterocycles. The van der Waals surface area contributed by atoms with Gasteiger partial charge in [0.15, 0.2) is 17.1 Å². The fourth-order valence-corrected chi connectivity index (χ4v) is 1.84. The number of Topliss-reactive ketones (excluding diaryl/α,β-unsaturated/α-hetero) is 1. The molecule has 0 fully saturated rings. The lowest BCUT2D eigenvalue weighted by molar-refractivity contribution is 0.0830. The number of ether oxygens (including phenoxy) is 1. The van der Waals surface area contributed by atoms with E-state index in [1.54, 1.807) is 6.07 Å². The summed E-state index contributed by atoms with van der Waals surface area (Å²) in [6.45, 7) is 8.35. The number of ketones is 1. The summed E-state index contributed by atoms with van der Waals surface area (Å²) in [4.78, 5) is 12.2. The van der Waals surface area contributed by atoms with E-state index in [9.17, 15) is 4.79 Å². The van der Waals surface area contributed by atoms with Crippen molar-refractivity contribution < 1.29 is 13.9 Å². The SMILES string of the molecule is CCCOc1cccc2cc(C(=O)C(C)(C)C)oc12. The summed E-state index contributed by atoms with van der Waals surface area (Å²) < 4.78 is 11.4. The van der Waals surface area contributed by atoms with Gasteiger partial charge in [0, 0.05) is 10.8 Å². The molecule has 0 unspecified atom stereocenters. The summed E-state index contributed by atoms with van der Waals surface area (Å²) in [5.74, 6) is 1.10. The van der Waals surface area contributed by atoms with Crippen LogP contribution in [0.15, 0.2) is 28.7 Å². The first-order chi connectivity index (χ1) is 8.93. The summed E-state index contributed by atoms with van der Waals surface area (Å²) in [6.07, 6.45) is 0.935. The second-order valence-electron chi connectivity index (χ2n) is 5.71. The number of furan rings is 1. The molecule has 0 N–H and O–H groups in total. The van der Waals surface area contributed by atoms with Crippen LogP contribution in [0, 0.1) is 5.41 Å². The van der Waals surface area contributed by atoms with Gasteiger partial charge in [-0.3, -0.25) is 4.79 Å². The van der Waals surface area contributed by atoms with E-state index < -0.39 is 5.41 Å². The van der Waals surface area contributed by atoms with Gasteiger partial charge < -0.3 is 9.15 Å². The van der Waals surface area contributed by atoms with Crippen molar-refractivity contribution in [3.05, 3.63) is 30.0 Å². The molecule has 0 spiro atoms. The van der Waals surface area contributed by atoms with Gasteiger partial charge in [-0.15, -0.1) is 0 Å². The number of hydrogen-bond donors (Lipinski definition) is 0. The van der Waals surface area contributed by atoms with Crippen molar-refractivity contribution in [3.8, 4) is 5.75 Å². The van der Waals surface area contributed by atoms with Gasteiger partial charge in [0.25, 0.3) is 0 Å². The number of rotatable bonds is 4. The number of benzene rings is 1. The highest BCUT2D eigenvalue weighted by Crippen LogP contribution is 2.31. The minimum atomic E-state index is -0.446. The number of carbonyl (C=O) groups excluding carboxylic acids is 1. The van der Waals surface area contributed by atoms with Crippen LogP contribution in [-0.2, 0) is 0 Å². The zero-order valence-corrected chi connectivity index (χ0v) is 11.9. The second-order valence-corrected chi connectivity index (χ2v) is 5.71. The zero-order valence-electron chi connectivity index (χ0n) is 11.9. The standard InChI is InChI=1S/C16H20O3/c1-5-9-18-12-8-6-7-11-10-13(19-14(11)12)15(17)16(2,3)4/h6-8,10H,5,9H2,1-4H3. The first-order valence-electron chi connectivity index (χ1n) is 6.63. The summed E-state index contributed by atoms with van der Waals surface area (Å²) >= 11 is 0. The van der Waals surface area contributed by atoms with E-state index in [1.165, 1.54) is 0 Å². The van der Waals surface area contributed by atoms with Crippen LogP contribution in [0.25, 0.3) is 11.0 Å². The van der Waals surface area contributed by atoms with Gasteiger partial charge in [0.1, 0.15) is 0 Å². The maximum absolute atomic E-state index is 12.2. The Morgan fingerprint density at radius 1 is 1.32 bits per heavy atom. The van der Waals surface area contributed by atoms with Gasteiger partial charge in [-0.2, -0.15) is 0 Å². The number of hydrogen-bond acceptors (Lipinski definition) is 3. The van der Waals surface area contributed by atoms with Crippen molar-refractivity contribution in [1.29, 1.82) is 0 Å². The fourth-order valence-electron chi connectivity index (χ4n) is 1.84. The molecule has 1 aromatic carbocycles. The highest BCUT2D eigenvalue weighted by molar-refractivity contribution is 6.01. The Kier molecular flexibility index (Phi) is 3.65. The van der Waals surface area contributed by atoms with Crippen molar-refractivity contribution in [2.45, 2.75) is 34.1 Å². The molecule has 3 nitrogen and oxygen atoms in total. The summed E-state index contributed by atoms with van der Waals surface area (Å²) in [5, 5.41) is 0.904. The molecular formula is C16H20O3. The Hall–Kier alpha value is -1.77. The molecule has 0 aliphatic rings. The zero-order chi connectivity index (χ0) is 14.0. The van der Waals surface area contributed by atoms with Crippen LogP contribution in [0.2, 0.25) is 0 Å². The third-order valence-corrected chi connectivity index (χ3v) is 2.87. The van der Waals surface area contributed by atoms with Crippen LogP contribution in [0.4, 0.5) is 0 Å². The number of para-hydroxylation sites is 1. The van der Waals surface area contributed by atoms with E-state index in [0.717, 1.165) is 11.8 Å². The van der Waals surface area contributed by atoms with E-state index >= 15 is 0 Å². The van der Waals surface area contributed by atoms with Crippen molar-refractivity contribution in [3.63, 3.8) is 0 Å². The minimum Gasteiger partial charge on any atom is -0.490 e. The van der Waals surface area contributed by atoms with Gasteiger partial charge >= 0.3 is 0 Å². The number of carbonyl (C=O) groups is 1. The molecule has 1 aromatic heterocycles. The van der Waals surface area contributed by atoms with Crippen LogP contribution >= 0.6 is 0 Å². The van der Waals surface area contributed by atoms with Gasteiger partial charge in [-0.25, -0.2) is 0 Å². The third-order valence-electron chi connectivity index (χ3n) is 2.87. The lowest BCUT2D eigenvalue weighted by atomic mass is 9.89. The molecule has 0 saturated carbocycles. The Morgan fingerprint density at radius 3 is 2.68 bits per heavy atom. The summed E-state index contributed by atoms with van der Waals surface area (Å²) in [6, 6.07) is 7.50. The molecule has 0 aliphatic carbocycles. The Bertz CT molecular complexity index is 588. The molecule has 0 radical (unpaired) electrons. The first kappa shape index (κ1) is 13.7. The van der Waals surface area contributed by atoms with E-state index in [2.05, 4.69) is 6.92 Å². The largest absolute Gasteiger partial charge is 0.490 e. The molecule has 2 aromatic rings. The van der Waals surface area contributed by atoms with Crippen LogP contribution in [0.3, 0.4) is 0 Å². The molecule has 0 atom stereocenters. The molecule has 0 amide bonds. The van der Waals surface area contributed by atoms with Crippen molar-refractivity contribution in [1.82, 2.24) is 0 Å². The fraction of sp³-hybridized carbons (Fsp3) is 0.438. The molecule has 0 aliphatic heterocycles. The van der Waals surface area contributed by atoms with Gasteiger partial charge in [-0.05, 0) is 18.6 Å². The molecule has 2 rings (SSSR count). The first-order valence-corrected chi connectivity index (χ1v) is 6.63. The quantitative estimate of drug-likeness (QED) is 0.762. The molecule has 19 heavy (non-hydrogen) atoms. The Balaban J connectivity index is 2.43.